The lowest BCUT2D eigenvalue weighted by atomic mass is 9.88. The second kappa shape index (κ2) is 4.27. The zero-order valence-corrected chi connectivity index (χ0v) is 9.86. The van der Waals surface area contributed by atoms with E-state index in [9.17, 15) is 5.11 Å². The van der Waals surface area contributed by atoms with E-state index in [0.29, 0.717) is 5.56 Å². The van der Waals surface area contributed by atoms with Crippen molar-refractivity contribution in [3.8, 4) is 17.6 Å². The van der Waals surface area contributed by atoms with E-state index in [1.54, 1.807) is 12.1 Å². The predicted molar refractivity (Wildman–Crippen MR) is 63.7 cm³/mol. The molecule has 0 atom stereocenters. The SMILES string of the molecule is COc1c(O)cc(C2(N)CCCC2)cc1C#N. The van der Waals surface area contributed by atoms with E-state index in [1.165, 1.54) is 7.11 Å². The zero-order chi connectivity index (χ0) is 12.5. The summed E-state index contributed by atoms with van der Waals surface area (Å²) < 4.78 is 5.00. The Hall–Kier alpha value is -1.73. The highest BCUT2D eigenvalue weighted by molar-refractivity contribution is 5.55. The van der Waals surface area contributed by atoms with Crippen molar-refractivity contribution >= 4 is 0 Å². The number of nitrogens with zero attached hydrogens (tertiary/aromatic N) is 1. The Balaban J connectivity index is 2.51. The van der Waals surface area contributed by atoms with Crippen molar-refractivity contribution in [1.29, 1.82) is 5.26 Å². The van der Waals surface area contributed by atoms with Crippen LogP contribution in [0, 0.1) is 11.3 Å². The highest BCUT2D eigenvalue weighted by Gasteiger charge is 2.32. The molecule has 1 fully saturated rings. The Morgan fingerprint density at radius 3 is 2.59 bits per heavy atom. The summed E-state index contributed by atoms with van der Waals surface area (Å²) >= 11 is 0. The van der Waals surface area contributed by atoms with Crippen LogP contribution in [0.5, 0.6) is 11.5 Å². The average molecular weight is 232 g/mol. The topological polar surface area (TPSA) is 79.3 Å². The zero-order valence-electron chi connectivity index (χ0n) is 9.86. The Bertz CT molecular complexity index is 471. The molecule has 0 aromatic heterocycles. The molecule has 90 valence electrons. The average Bonchev–Trinajstić information content (AvgIpc) is 2.76. The number of ether oxygens (including phenoxy) is 1. The maximum Gasteiger partial charge on any atom is 0.178 e. The summed E-state index contributed by atoms with van der Waals surface area (Å²) in [5.74, 6) is 0.205. The number of phenolic OH excluding ortho intramolecular Hbond substituents is 1. The molecule has 0 bridgehead atoms. The highest BCUT2D eigenvalue weighted by atomic mass is 16.5. The van der Waals surface area contributed by atoms with Crippen LogP contribution >= 0.6 is 0 Å². The molecular weight excluding hydrogens is 216 g/mol. The van der Waals surface area contributed by atoms with Gasteiger partial charge in [0.2, 0.25) is 0 Å². The van der Waals surface area contributed by atoms with Crippen molar-refractivity contribution in [2.75, 3.05) is 7.11 Å². The number of methoxy groups -OCH3 is 1. The van der Waals surface area contributed by atoms with Crippen LogP contribution in [0.1, 0.15) is 36.8 Å². The molecule has 1 aromatic carbocycles. The number of nitrogens with two attached hydrogens (primary N) is 1. The van der Waals surface area contributed by atoms with Crippen LogP contribution in [0.15, 0.2) is 12.1 Å². The second-order valence-corrected chi connectivity index (χ2v) is 4.55. The lowest BCUT2D eigenvalue weighted by Crippen LogP contribution is -2.33. The Morgan fingerprint density at radius 2 is 2.06 bits per heavy atom. The number of rotatable bonds is 2. The summed E-state index contributed by atoms with van der Waals surface area (Å²) in [6, 6.07) is 5.37. The molecule has 0 radical (unpaired) electrons. The number of hydrogen-bond acceptors (Lipinski definition) is 4. The van der Waals surface area contributed by atoms with Crippen molar-refractivity contribution in [3.05, 3.63) is 23.3 Å². The third-order valence-electron chi connectivity index (χ3n) is 3.46. The van der Waals surface area contributed by atoms with Gasteiger partial charge in [-0.2, -0.15) is 5.26 Å². The first-order valence-corrected chi connectivity index (χ1v) is 5.71. The first-order chi connectivity index (χ1) is 8.10. The quantitative estimate of drug-likeness (QED) is 0.817. The summed E-state index contributed by atoms with van der Waals surface area (Å²) in [4.78, 5) is 0. The van der Waals surface area contributed by atoms with Gasteiger partial charge >= 0.3 is 0 Å². The van der Waals surface area contributed by atoms with Crippen LogP contribution < -0.4 is 10.5 Å². The smallest absolute Gasteiger partial charge is 0.178 e. The van der Waals surface area contributed by atoms with E-state index >= 15 is 0 Å². The largest absolute Gasteiger partial charge is 0.504 e. The van der Waals surface area contributed by atoms with Crippen molar-refractivity contribution in [1.82, 2.24) is 0 Å². The molecule has 1 saturated carbocycles. The van der Waals surface area contributed by atoms with E-state index in [0.717, 1.165) is 31.2 Å². The van der Waals surface area contributed by atoms with Gasteiger partial charge in [-0.15, -0.1) is 0 Å². The number of hydrogen-bond donors (Lipinski definition) is 2. The summed E-state index contributed by atoms with van der Waals surface area (Å²) in [6.07, 6.45) is 3.96. The molecule has 1 aromatic rings. The van der Waals surface area contributed by atoms with Crippen molar-refractivity contribution in [2.24, 2.45) is 5.73 Å². The molecule has 0 heterocycles. The van der Waals surface area contributed by atoms with E-state index in [-0.39, 0.29) is 11.5 Å². The monoisotopic (exact) mass is 232 g/mol. The first kappa shape index (κ1) is 11.7. The van der Waals surface area contributed by atoms with Gasteiger partial charge in [-0.3, -0.25) is 0 Å². The number of phenols is 1. The van der Waals surface area contributed by atoms with Gasteiger partial charge < -0.3 is 15.6 Å². The van der Waals surface area contributed by atoms with E-state index in [2.05, 4.69) is 0 Å². The lowest BCUT2D eigenvalue weighted by molar-refractivity contribution is 0.369. The van der Waals surface area contributed by atoms with Crippen LogP contribution in [0.2, 0.25) is 0 Å². The fraction of sp³-hybridized carbons (Fsp3) is 0.462. The molecule has 0 spiro atoms. The molecule has 4 nitrogen and oxygen atoms in total. The molecule has 0 unspecified atom stereocenters. The van der Waals surface area contributed by atoms with E-state index < -0.39 is 5.54 Å². The summed E-state index contributed by atoms with van der Waals surface area (Å²) in [7, 11) is 1.43. The maximum absolute atomic E-state index is 9.85. The molecule has 0 amide bonds. The maximum atomic E-state index is 9.85. The lowest BCUT2D eigenvalue weighted by Gasteiger charge is -2.25. The van der Waals surface area contributed by atoms with Crippen LogP contribution in [0.25, 0.3) is 0 Å². The number of benzene rings is 1. The van der Waals surface area contributed by atoms with Gasteiger partial charge in [0.15, 0.2) is 11.5 Å². The highest BCUT2D eigenvalue weighted by Crippen LogP contribution is 2.40. The molecule has 1 aliphatic rings. The molecule has 2 rings (SSSR count). The minimum Gasteiger partial charge on any atom is -0.504 e. The molecule has 4 heteroatoms. The predicted octanol–water partition coefficient (Wildman–Crippen LogP) is 2.00. The number of aromatic hydroxyl groups is 1. The fourth-order valence-electron chi connectivity index (χ4n) is 2.49. The van der Waals surface area contributed by atoms with Crippen molar-refractivity contribution in [2.45, 2.75) is 31.2 Å². The Labute approximate surface area is 101 Å². The normalized spacial score (nSPS) is 17.7. The summed E-state index contributed by atoms with van der Waals surface area (Å²) in [5, 5.41) is 18.9. The molecule has 3 N–H and O–H groups in total. The van der Waals surface area contributed by atoms with Gasteiger partial charge in [0.25, 0.3) is 0 Å². The van der Waals surface area contributed by atoms with Gasteiger partial charge in [-0.05, 0) is 30.5 Å². The van der Waals surface area contributed by atoms with Gasteiger partial charge in [0.1, 0.15) is 6.07 Å². The molecule has 0 aliphatic heterocycles. The standard InChI is InChI=1S/C13H16N2O2/c1-17-12-9(8-14)6-10(7-11(12)16)13(15)4-2-3-5-13/h6-7,16H,2-5,15H2,1H3. The Kier molecular flexibility index (Phi) is 2.95. The Morgan fingerprint density at radius 1 is 1.41 bits per heavy atom. The van der Waals surface area contributed by atoms with Gasteiger partial charge in [0.05, 0.1) is 12.7 Å². The third-order valence-corrected chi connectivity index (χ3v) is 3.46. The summed E-state index contributed by atoms with van der Waals surface area (Å²) in [6.45, 7) is 0. The minimum atomic E-state index is -0.407. The fourth-order valence-corrected chi connectivity index (χ4v) is 2.49. The van der Waals surface area contributed by atoms with Gasteiger partial charge in [0, 0.05) is 5.54 Å². The van der Waals surface area contributed by atoms with E-state index in [4.69, 9.17) is 15.7 Å². The molecular formula is C13H16N2O2. The third kappa shape index (κ3) is 1.94. The first-order valence-electron chi connectivity index (χ1n) is 5.71. The molecule has 0 saturated heterocycles. The molecule has 1 aliphatic carbocycles. The van der Waals surface area contributed by atoms with Crippen LogP contribution in [0.4, 0.5) is 0 Å². The van der Waals surface area contributed by atoms with Crippen molar-refractivity contribution in [3.63, 3.8) is 0 Å². The summed E-state index contributed by atoms with van der Waals surface area (Å²) in [5.41, 5.74) is 7.05. The molecule has 17 heavy (non-hydrogen) atoms. The number of nitriles is 1. The van der Waals surface area contributed by atoms with Crippen molar-refractivity contribution < 1.29 is 9.84 Å². The van der Waals surface area contributed by atoms with Crippen LogP contribution in [-0.2, 0) is 5.54 Å². The van der Waals surface area contributed by atoms with Gasteiger partial charge in [-0.1, -0.05) is 12.8 Å². The van der Waals surface area contributed by atoms with Crippen LogP contribution in [0.3, 0.4) is 0 Å². The minimum absolute atomic E-state index is 0.0155. The van der Waals surface area contributed by atoms with Gasteiger partial charge in [-0.25, -0.2) is 0 Å². The second-order valence-electron chi connectivity index (χ2n) is 4.55. The van der Waals surface area contributed by atoms with E-state index in [1.807, 2.05) is 6.07 Å². The van der Waals surface area contributed by atoms with Crippen LogP contribution in [-0.4, -0.2) is 12.2 Å².